The van der Waals surface area contributed by atoms with E-state index < -0.39 is 17.9 Å². The molecular weight excluding hydrogens is 448 g/mol. The first-order valence-electron chi connectivity index (χ1n) is 12.3. The maximum absolute atomic E-state index is 12.8. The lowest BCUT2D eigenvalue weighted by Crippen LogP contribution is -2.56. The van der Waals surface area contributed by atoms with Crippen molar-refractivity contribution < 1.29 is 28.9 Å². The molecule has 0 radical (unpaired) electrons. The molecule has 2 aromatic carbocycles. The molecule has 3 N–H and O–H groups in total. The van der Waals surface area contributed by atoms with Crippen LogP contribution in [-0.2, 0) is 9.59 Å². The van der Waals surface area contributed by atoms with E-state index in [0.717, 1.165) is 36.8 Å². The van der Waals surface area contributed by atoms with Gasteiger partial charge in [-0.05, 0) is 54.2 Å². The number of nitrogens with zero attached hydrogens (tertiary/aromatic N) is 1. The Balaban J connectivity index is 1.57. The molecule has 186 valence electrons. The largest absolute Gasteiger partial charge is 0.497 e. The summed E-state index contributed by atoms with van der Waals surface area (Å²) in [6, 6.07) is 12.8. The Hall–Kier alpha value is -3.26. The van der Waals surface area contributed by atoms with Gasteiger partial charge in [-0.1, -0.05) is 31.0 Å². The second-order valence-corrected chi connectivity index (χ2v) is 9.81. The number of hydrogen-bond acceptors (Lipinski definition) is 6. The molecule has 8 heteroatoms. The number of primary amides is 1. The molecule has 0 spiro atoms. The van der Waals surface area contributed by atoms with Crippen molar-refractivity contribution in [3.8, 4) is 17.2 Å². The lowest BCUT2D eigenvalue weighted by molar-refractivity contribution is -0.146. The first-order valence-corrected chi connectivity index (χ1v) is 12.3. The maximum atomic E-state index is 12.8. The highest BCUT2D eigenvalue weighted by molar-refractivity contribution is 5.80. The summed E-state index contributed by atoms with van der Waals surface area (Å²) in [5.74, 6) is -0.375. The zero-order chi connectivity index (χ0) is 24.5. The highest BCUT2D eigenvalue weighted by atomic mass is 16.7. The van der Waals surface area contributed by atoms with Crippen LogP contribution < -0.4 is 19.9 Å². The summed E-state index contributed by atoms with van der Waals surface area (Å²) in [7, 11) is 1.60. The molecule has 2 heterocycles. The first-order chi connectivity index (χ1) is 17.0. The van der Waals surface area contributed by atoms with E-state index in [1.54, 1.807) is 7.11 Å². The summed E-state index contributed by atoms with van der Waals surface area (Å²) in [5.41, 5.74) is 7.74. The summed E-state index contributed by atoms with van der Waals surface area (Å²) < 4.78 is 16.4. The van der Waals surface area contributed by atoms with Gasteiger partial charge in [0, 0.05) is 24.9 Å². The fourth-order valence-electron chi connectivity index (χ4n) is 6.26. The lowest BCUT2D eigenvalue weighted by atomic mass is 9.71. The maximum Gasteiger partial charge on any atom is 0.307 e. The summed E-state index contributed by atoms with van der Waals surface area (Å²) in [6.07, 6.45) is 4.11. The molecule has 0 bridgehead atoms. The fourth-order valence-corrected chi connectivity index (χ4v) is 6.26. The Morgan fingerprint density at radius 3 is 2.26 bits per heavy atom. The molecule has 4 atom stereocenters. The molecule has 2 aliphatic heterocycles. The van der Waals surface area contributed by atoms with Crippen molar-refractivity contribution >= 4 is 11.9 Å². The van der Waals surface area contributed by atoms with Gasteiger partial charge in [-0.2, -0.15) is 0 Å². The number of benzene rings is 2. The van der Waals surface area contributed by atoms with E-state index in [0.29, 0.717) is 30.3 Å². The van der Waals surface area contributed by atoms with Crippen molar-refractivity contribution in [1.82, 2.24) is 4.90 Å². The van der Waals surface area contributed by atoms with E-state index in [1.165, 1.54) is 0 Å². The number of amides is 1. The number of carboxylic acid groups (broad SMARTS) is 1. The molecule has 1 saturated heterocycles. The number of carbonyl (C=O) groups is 2. The summed E-state index contributed by atoms with van der Waals surface area (Å²) in [4.78, 5) is 27.6. The van der Waals surface area contributed by atoms with E-state index in [2.05, 4.69) is 4.90 Å². The standard InChI is InChI=1S/C27H32N2O6/c1-33-19-9-6-16(7-10-19)20-13-29(25(26(28)30)17-4-2-3-5-17)14-21(24(20)27(31)32)18-8-11-22-23(12-18)35-15-34-22/h6-12,17,20-21,24-25H,2-5,13-15H2,1H3,(H2,28,30)(H,31,32). The number of likely N-dealkylation sites (tertiary alicyclic amines) is 1. The molecule has 0 aromatic heterocycles. The Bertz CT molecular complexity index is 1080. The van der Waals surface area contributed by atoms with E-state index >= 15 is 0 Å². The van der Waals surface area contributed by atoms with Crippen molar-refractivity contribution in [1.29, 1.82) is 0 Å². The van der Waals surface area contributed by atoms with Crippen molar-refractivity contribution in [2.24, 2.45) is 17.6 Å². The van der Waals surface area contributed by atoms with Crippen LogP contribution in [0.1, 0.15) is 48.6 Å². The number of carbonyl (C=O) groups excluding carboxylic acids is 1. The third-order valence-electron chi connectivity index (χ3n) is 7.91. The Kier molecular flexibility index (Phi) is 6.56. The number of methoxy groups -OCH3 is 1. The van der Waals surface area contributed by atoms with Crippen molar-refractivity contribution in [2.45, 2.75) is 43.6 Å². The number of hydrogen-bond donors (Lipinski definition) is 2. The monoisotopic (exact) mass is 480 g/mol. The second-order valence-electron chi connectivity index (χ2n) is 9.81. The number of piperidine rings is 1. The van der Waals surface area contributed by atoms with Crippen LogP contribution in [0.5, 0.6) is 17.2 Å². The quantitative estimate of drug-likeness (QED) is 0.625. The highest BCUT2D eigenvalue weighted by Gasteiger charge is 2.47. The van der Waals surface area contributed by atoms with E-state index in [9.17, 15) is 14.7 Å². The zero-order valence-corrected chi connectivity index (χ0v) is 19.9. The van der Waals surface area contributed by atoms with Gasteiger partial charge in [-0.3, -0.25) is 14.5 Å². The minimum atomic E-state index is -0.857. The van der Waals surface area contributed by atoms with Gasteiger partial charge in [0.05, 0.1) is 19.1 Å². The van der Waals surface area contributed by atoms with Crippen LogP contribution >= 0.6 is 0 Å². The van der Waals surface area contributed by atoms with Crippen LogP contribution in [0, 0.1) is 11.8 Å². The van der Waals surface area contributed by atoms with Gasteiger partial charge in [0.2, 0.25) is 12.7 Å². The number of nitrogens with two attached hydrogens (primary N) is 1. The second kappa shape index (κ2) is 9.77. The molecule has 2 fully saturated rings. The molecular formula is C27H32N2O6. The molecule has 5 rings (SSSR count). The molecule has 3 aliphatic rings. The van der Waals surface area contributed by atoms with Gasteiger partial charge in [0.25, 0.3) is 0 Å². The van der Waals surface area contributed by atoms with Crippen molar-refractivity contribution in [2.75, 3.05) is 27.0 Å². The van der Waals surface area contributed by atoms with E-state index in [4.69, 9.17) is 19.9 Å². The van der Waals surface area contributed by atoms with Gasteiger partial charge >= 0.3 is 5.97 Å². The van der Waals surface area contributed by atoms with Crippen LogP contribution in [0.4, 0.5) is 0 Å². The Morgan fingerprint density at radius 2 is 1.63 bits per heavy atom. The third kappa shape index (κ3) is 4.55. The summed E-state index contributed by atoms with van der Waals surface area (Å²) in [5, 5.41) is 10.5. The van der Waals surface area contributed by atoms with Crippen LogP contribution in [0.2, 0.25) is 0 Å². The van der Waals surface area contributed by atoms with Gasteiger partial charge in [-0.25, -0.2) is 0 Å². The molecule has 1 saturated carbocycles. The lowest BCUT2D eigenvalue weighted by Gasteiger charge is -2.46. The van der Waals surface area contributed by atoms with Crippen LogP contribution in [-0.4, -0.2) is 54.9 Å². The van der Waals surface area contributed by atoms with E-state index in [-0.39, 0.29) is 30.5 Å². The van der Waals surface area contributed by atoms with E-state index in [1.807, 2.05) is 42.5 Å². The zero-order valence-electron chi connectivity index (χ0n) is 19.9. The van der Waals surface area contributed by atoms with Gasteiger partial charge in [0.15, 0.2) is 11.5 Å². The minimum Gasteiger partial charge on any atom is -0.497 e. The highest BCUT2D eigenvalue weighted by Crippen LogP contribution is 2.46. The average Bonchev–Trinajstić information content (AvgIpc) is 3.55. The normalized spacial score (nSPS) is 25.3. The van der Waals surface area contributed by atoms with Crippen LogP contribution in [0.3, 0.4) is 0 Å². The van der Waals surface area contributed by atoms with Crippen molar-refractivity contribution in [3.05, 3.63) is 53.6 Å². The minimum absolute atomic E-state index is 0.151. The SMILES string of the molecule is COc1ccc(C2CN(C(C(N)=O)C3CCCC3)CC(c3ccc4c(c3)OCO4)C2C(=O)O)cc1. The number of rotatable bonds is 7. The molecule has 8 nitrogen and oxygen atoms in total. The van der Waals surface area contributed by atoms with Gasteiger partial charge < -0.3 is 25.1 Å². The first kappa shape index (κ1) is 23.5. The third-order valence-corrected chi connectivity index (χ3v) is 7.91. The van der Waals surface area contributed by atoms with Crippen LogP contribution in [0.15, 0.2) is 42.5 Å². The smallest absolute Gasteiger partial charge is 0.307 e. The molecule has 1 amide bonds. The predicted molar refractivity (Wildman–Crippen MR) is 129 cm³/mol. The van der Waals surface area contributed by atoms with Gasteiger partial charge in [-0.15, -0.1) is 0 Å². The van der Waals surface area contributed by atoms with Crippen LogP contribution in [0.25, 0.3) is 0 Å². The summed E-state index contributed by atoms with van der Waals surface area (Å²) in [6.45, 7) is 1.04. The molecule has 2 aromatic rings. The number of carboxylic acids is 1. The van der Waals surface area contributed by atoms with Crippen molar-refractivity contribution in [3.63, 3.8) is 0 Å². The van der Waals surface area contributed by atoms with Gasteiger partial charge in [0.1, 0.15) is 5.75 Å². The Morgan fingerprint density at radius 1 is 1.00 bits per heavy atom. The molecule has 35 heavy (non-hydrogen) atoms. The summed E-state index contributed by atoms with van der Waals surface area (Å²) >= 11 is 0. The topological polar surface area (TPSA) is 111 Å². The molecule has 1 aliphatic carbocycles. The number of ether oxygens (including phenoxy) is 3. The number of aliphatic carboxylic acids is 1. The Labute approximate surface area is 205 Å². The average molecular weight is 481 g/mol. The fraction of sp³-hybridized carbons (Fsp3) is 0.481. The number of fused-ring (bicyclic) bond motifs is 1. The predicted octanol–water partition coefficient (Wildman–Crippen LogP) is 3.35. The molecule has 4 unspecified atom stereocenters.